The molecule has 4 bridgehead atoms. The topological polar surface area (TPSA) is 176 Å². The first kappa shape index (κ1) is 36.4. The molecular weight excluding hydrogens is 753 g/mol. The summed E-state index contributed by atoms with van der Waals surface area (Å²) in [7, 11) is 3.52. The normalized spacial score (nSPS) is 29.8. The Morgan fingerprint density at radius 3 is 2.67 bits per heavy atom. The van der Waals surface area contributed by atoms with Gasteiger partial charge in [0.25, 0.3) is 0 Å². The highest BCUT2D eigenvalue weighted by molar-refractivity contribution is 7.99. The van der Waals surface area contributed by atoms with Gasteiger partial charge in [-0.3, -0.25) is 19.9 Å². The SMILES string of the molecule is COc1c(C)cc2c(c1O)[C@H]1[C@@H]3[C@@H]4SC[C@]5(N[C@H](CO)Cc6c5oc5ccccc65)C(=O)OC[C@@H](c5c6c(c(C)c(OC(C)=O)c54)OCO6)N3[C@@H](C#N)[C@H](C2)N1C. The summed E-state index contributed by atoms with van der Waals surface area (Å²) in [6.45, 7) is 4.56. The van der Waals surface area contributed by atoms with Gasteiger partial charge in [0, 0.05) is 64.0 Å². The number of rotatable bonds is 3. The highest BCUT2D eigenvalue weighted by atomic mass is 32.2. The van der Waals surface area contributed by atoms with Crippen LogP contribution in [0.15, 0.2) is 34.7 Å². The molecule has 0 radical (unpaired) electrons. The fourth-order valence-corrected chi connectivity index (χ4v) is 12.4. The van der Waals surface area contributed by atoms with E-state index in [0.29, 0.717) is 69.4 Å². The van der Waals surface area contributed by atoms with Crippen molar-refractivity contribution in [3.63, 3.8) is 0 Å². The zero-order valence-electron chi connectivity index (χ0n) is 32.1. The van der Waals surface area contributed by atoms with Gasteiger partial charge in [-0.25, -0.2) is 4.79 Å². The molecule has 0 aliphatic carbocycles. The third-order valence-corrected chi connectivity index (χ3v) is 14.4. The van der Waals surface area contributed by atoms with Gasteiger partial charge in [0.15, 0.2) is 28.5 Å². The summed E-state index contributed by atoms with van der Waals surface area (Å²) in [4.78, 5) is 32.3. The average Bonchev–Trinajstić information content (AvgIpc) is 3.84. The molecule has 0 unspecified atom stereocenters. The summed E-state index contributed by atoms with van der Waals surface area (Å²) in [5.74, 6) is 0.996. The molecule has 4 aromatic rings. The number of hydrogen-bond donors (Lipinski definition) is 3. The van der Waals surface area contributed by atoms with Crippen LogP contribution in [-0.2, 0) is 32.7 Å². The summed E-state index contributed by atoms with van der Waals surface area (Å²) in [5, 5.41) is 37.6. The summed E-state index contributed by atoms with van der Waals surface area (Å²) >= 11 is 1.45. The van der Waals surface area contributed by atoms with E-state index in [0.717, 1.165) is 22.1 Å². The molecule has 3 N–H and O–H groups in total. The predicted octanol–water partition coefficient (Wildman–Crippen LogP) is 4.38. The largest absolute Gasteiger partial charge is 0.504 e. The molecule has 57 heavy (non-hydrogen) atoms. The van der Waals surface area contributed by atoms with Gasteiger partial charge in [-0.2, -0.15) is 5.26 Å². The van der Waals surface area contributed by atoms with Crippen molar-refractivity contribution in [3.05, 3.63) is 75.0 Å². The number of furan rings is 1. The number of phenolic OH excluding ortho intramolecular Hbond substituents is 1. The zero-order chi connectivity index (χ0) is 39.7. The van der Waals surface area contributed by atoms with Crippen LogP contribution in [0.25, 0.3) is 11.0 Å². The fraction of sp³-hybridized carbons (Fsp3) is 0.452. The lowest BCUT2D eigenvalue weighted by Gasteiger charge is -2.62. The van der Waals surface area contributed by atoms with Crippen LogP contribution in [0.3, 0.4) is 0 Å². The number of likely N-dealkylation sites (N-methyl/N-ethyl adjacent to an activating group) is 1. The number of carbonyl (C=O) groups is 2. The third-order valence-electron chi connectivity index (χ3n) is 13.0. The number of nitriles is 1. The summed E-state index contributed by atoms with van der Waals surface area (Å²) in [6, 6.07) is 8.95. The van der Waals surface area contributed by atoms with Crippen LogP contribution in [0, 0.1) is 25.2 Å². The number of para-hydroxylation sites is 1. The van der Waals surface area contributed by atoms with Crippen LogP contribution < -0.4 is 24.3 Å². The second kappa shape index (κ2) is 13.0. The average molecular weight is 795 g/mol. The standard InChI is InChI=1S/C42H42N4O10S/c1-18-10-21-11-25-26(13-43)46-27-15-52-41(50)42(40-24(12-22(14-47)44-42)23-8-6-7-9-28(23)56-40)16-57-39(33(46)32(45(25)4)29(21)34(49)35(18)51-5)31-30(27)38-37(53-17-54-38)19(2)36(31)55-20(3)48/h6-10,22,25-27,32-33,39,44,47,49H,11-12,14-17H2,1-5H3/t22-,25-,26-,27-,32-,33+,39+,42+/m0/s1. The molecule has 296 valence electrons. The number of carbonyl (C=O) groups excluding carboxylic acids is 2. The fourth-order valence-electron chi connectivity index (χ4n) is 10.7. The van der Waals surface area contributed by atoms with E-state index >= 15 is 0 Å². The molecule has 1 aromatic heterocycles. The van der Waals surface area contributed by atoms with Gasteiger partial charge in [-0.15, -0.1) is 11.8 Å². The number of fused-ring (bicyclic) bond motifs is 11. The Hall–Kier alpha value is -4.98. The number of hydrogen-bond acceptors (Lipinski definition) is 15. The first-order valence-electron chi connectivity index (χ1n) is 19.1. The molecule has 8 heterocycles. The number of aromatic hydroxyl groups is 1. The van der Waals surface area contributed by atoms with Gasteiger partial charge < -0.3 is 38.3 Å². The van der Waals surface area contributed by atoms with E-state index in [1.807, 2.05) is 51.2 Å². The highest BCUT2D eigenvalue weighted by Crippen LogP contribution is 2.64. The smallest absolute Gasteiger partial charge is 0.335 e. The van der Waals surface area contributed by atoms with Crippen LogP contribution in [0.4, 0.5) is 0 Å². The van der Waals surface area contributed by atoms with E-state index in [2.05, 4.69) is 21.2 Å². The van der Waals surface area contributed by atoms with Crippen LogP contribution in [0.5, 0.6) is 28.7 Å². The van der Waals surface area contributed by atoms with Crippen molar-refractivity contribution in [3.8, 4) is 34.8 Å². The number of esters is 2. The lowest BCUT2D eigenvalue weighted by molar-refractivity contribution is -0.158. The Bertz CT molecular complexity index is 2450. The number of benzene rings is 3. The molecule has 11 rings (SSSR count). The van der Waals surface area contributed by atoms with Crippen LogP contribution in [0.2, 0.25) is 0 Å². The molecule has 1 spiro atoms. The van der Waals surface area contributed by atoms with E-state index in [1.165, 1.54) is 25.8 Å². The van der Waals surface area contributed by atoms with E-state index in [4.69, 9.17) is 28.1 Å². The Balaban J connectivity index is 1.26. The maximum atomic E-state index is 15.0. The number of aliphatic hydroxyl groups is 1. The molecule has 15 heteroatoms. The number of aryl methyl sites for hydroxylation is 1. The molecule has 0 amide bonds. The van der Waals surface area contributed by atoms with Gasteiger partial charge in [-0.1, -0.05) is 24.3 Å². The Morgan fingerprint density at radius 2 is 1.91 bits per heavy atom. The maximum Gasteiger partial charge on any atom is 0.335 e. The number of thioether (sulfide) groups is 1. The summed E-state index contributed by atoms with van der Waals surface area (Å²) in [6.07, 6.45) is 0.913. The minimum atomic E-state index is -1.54. The van der Waals surface area contributed by atoms with Gasteiger partial charge in [-0.05, 0) is 50.9 Å². The first-order chi connectivity index (χ1) is 27.5. The molecule has 2 saturated heterocycles. The zero-order valence-corrected chi connectivity index (χ0v) is 32.9. The van der Waals surface area contributed by atoms with Crippen LogP contribution >= 0.6 is 11.8 Å². The van der Waals surface area contributed by atoms with Crippen molar-refractivity contribution in [2.75, 3.05) is 39.9 Å². The van der Waals surface area contributed by atoms with E-state index < -0.39 is 52.9 Å². The molecule has 8 atom stereocenters. The highest BCUT2D eigenvalue weighted by Gasteiger charge is 2.62. The van der Waals surface area contributed by atoms with E-state index in [-0.39, 0.29) is 37.6 Å². The monoisotopic (exact) mass is 794 g/mol. The lowest BCUT2D eigenvalue weighted by atomic mass is 9.71. The van der Waals surface area contributed by atoms with Crippen LogP contribution in [-0.4, -0.2) is 96.0 Å². The predicted molar refractivity (Wildman–Crippen MR) is 206 cm³/mol. The van der Waals surface area contributed by atoms with Crippen molar-refractivity contribution in [1.82, 2.24) is 15.1 Å². The van der Waals surface area contributed by atoms with Crippen molar-refractivity contribution in [2.45, 2.75) is 80.7 Å². The van der Waals surface area contributed by atoms with Gasteiger partial charge in [0.1, 0.15) is 29.7 Å². The second-order valence-corrected chi connectivity index (χ2v) is 17.0. The van der Waals surface area contributed by atoms with E-state index in [1.54, 1.807) is 0 Å². The Labute approximate surface area is 332 Å². The molecule has 3 aromatic carbocycles. The van der Waals surface area contributed by atoms with Crippen LogP contribution in [0.1, 0.15) is 69.0 Å². The molecular formula is C42H42N4O10S. The summed E-state index contributed by atoms with van der Waals surface area (Å²) < 4.78 is 37.3. The molecule has 7 aliphatic rings. The maximum absolute atomic E-state index is 15.0. The number of piperazine rings is 1. The quantitative estimate of drug-likeness (QED) is 0.197. The van der Waals surface area contributed by atoms with Crippen molar-refractivity contribution < 1.29 is 47.9 Å². The van der Waals surface area contributed by atoms with Gasteiger partial charge in [0.2, 0.25) is 6.79 Å². The number of ether oxygens (including phenoxy) is 5. The lowest BCUT2D eigenvalue weighted by Crippen LogP contribution is -2.69. The Morgan fingerprint density at radius 1 is 1.12 bits per heavy atom. The number of aliphatic hydroxyl groups excluding tert-OH is 1. The van der Waals surface area contributed by atoms with E-state index in [9.17, 15) is 25.1 Å². The minimum absolute atomic E-state index is 0.0352. The number of phenols is 1. The Kier molecular flexibility index (Phi) is 8.31. The number of methoxy groups -OCH3 is 1. The third kappa shape index (κ3) is 4.91. The van der Waals surface area contributed by atoms with Crippen molar-refractivity contribution in [1.29, 1.82) is 5.26 Å². The first-order valence-corrected chi connectivity index (χ1v) is 20.2. The molecule has 14 nitrogen and oxygen atoms in total. The number of nitrogens with zero attached hydrogens (tertiary/aromatic N) is 3. The molecule has 2 fully saturated rings. The molecule has 7 aliphatic heterocycles. The van der Waals surface area contributed by atoms with Gasteiger partial charge >= 0.3 is 11.9 Å². The molecule has 0 saturated carbocycles. The summed E-state index contributed by atoms with van der Waals surface area (Å²) in [5.41, 5.74) is 4.19. The van der Waals surface area contributed by atoms with Crippen molar-refractivity contribution >= 4 is 34.7 Å². The van der Waals surface area contributed by atoms with Gasteiger partial charge in [0.05, 0.1) is 37.1 Å². The van der Waals surface area contributed by atoms with Crippen molar-refractivity contribution in [2.24, 2.45) is 0 Å². The number of nitrogens with one attached hydrogen (secondary N) is 1. The second-order valence-electron chi connectivity index (χ2n) is 15.9. The minimum Gasteiger partial charge on any atom is -0.504 e.